The predicted octanol–water partition coefficient (Wildman–Crippen LogP) is 2.46. The second-order valence-electron chi connectivity index (χ2n) is 8.01. The van der Waals surface area contributed by atoms with E-state index >= 15 is 0 Å². The van der Waals surface area contributed by atoms with Crippen LogP contribution >= 0.6 is 0 Å². The van der Waals surface area contributed by atoms with E-state index in [1.165, 1.54) is 0 Å². The van der Waals surface area contributed by atoms with Crippen LogP contribution < -0.4 is 10.2 Å². The number of carbonyl (C=O) groups excluding carboxylic acids is 2. The first-order chi connectivity index (χ1) is 12.8. The van der Waals surface area contributed by atoms with Crippen LogP contribution in [0, 0.1) is 0 Å². The molecule has 1 aromatic carbocycles. The van der Waals surface area contributed by atoms with Crippen molar-refractivity contribution in [2.45, 2.75) is 39.3 Å². The van der Waals surface area contributed by atoms with Crippen LogP contribution in [0.15, 0.2) is 30.5 Å². The van der Waals surface area contributed by atoms with Gasteiger partial charge in [0.25, 0.3) is 5.91 Å². The molecule has 27 heavy (non-hydrogen) atoms. The highest BCUT2D eigenvalue weighted by atomic mass is 16.2. The van der Waals surface area contributed by atoms with Gasteiger partial charge in [-0.2, -0.15) is 0 Å². The van der Waals surface area contributed by atoms with Gasteiger partial charge in [-0.05, 0) is 18.2 Å². The normalized spacial score (nSPS) is 16.5. The fraction of sp³-hybridized carbons (Fsp3) is 0.400. The van der Waals surface area contributed by atoms with Gasteiger partial charge in [-0.25, -0.2) is 14.8 Å². The number of hydrogen-bond acceptors (Lipinski definition) is 4. The van der Waals surface area contributed by atoms with Gasteiger partial charge in [-0.3, -0.25) is 9.69 Å². The summed E-state index contributed by atoms with van der Waals surface area (Å²) in [5, 5.41) is 2.78. The number of carbonyl (C=O) groups is 2. The van der Waals surface area contributed by atoms with Gasteiger partial charge >= 0.3 is 6.03 Å². The summed E-state index contributed by atoms with van der Waals surface area (Å²) in [5.41, 5.74) is 3.09. The van der Waals surface area contributed by atoms with Gasteiger partial charge in [-0.1, -0.05) is 26.8 Å². The van der Waals surface area contributed by atoms with E-state index in [4.69, 9.17) is 0 Å². The number of hydrogen-bond donors (Lipinski definition) is 1. The molecule has 1 aromatic heterocycles. The Morgan fingerprint density at radius 2 is 2.04 bits per heavy atom. The summed E-state index contributed by atoms with van der Waals surface area (Å²) in [6, 6.07) is 7.10. The van der Waals surface area contributed by atoms with Crippen molar-refractivity contribution in [3.8, 4) is 0 Å². The third-order valence-electron chi connectivity index (χ3n) is 4.88. The molecule has 7 nitrogen and oxygen atoms in total. The van der Waals surface area contributed by atoms with Gasteiger partial charge < -0.3 is 10.2 Å². The van der Waals surface area contributed by atoms with Gasteiger partial charge in [0.15, 0.2) is 0 Å². The quantitative estimate of drug-likeness (QED) is 0.887. The Morgan fingerprint density at radius 1 is 1.22 bits per heavy atom. The number of fused-ring (bicyclic) bond motifs is 1. The zero-order chi connectivity index (χ0) is 19.2. The molecule has 3 heterocycles. The molecule has 0 spiro atoms. The van der Waals surface area contributed by atoms with Crippen LogP contribution in [0.25, 0.3) is 0 Å². The van der Waals surface area contributed by atoms with Crippen molar-refractivity contribution in [1.29, 1.82) is 0 Å². The minimum atomic E-state index is -0.128. The van der Waals surface area contributed by atoms with Crippen molar-refractivity contribution in [2.75, 3.05) is 18.0 Å². The molecule has 0 radical (unpaired) electrons. The third-order valence-corrected chi connectivity index (χ3v) is 4.88. The maximum absolute atomic E-state index is 13.0. The molecule has 140 valence electrons. The van der Waals surface area contributed by atoms with Gasteiger partial charge in [0.1, 0.15) is 5.82 Å². The fourth-order valence-electron chi connectivity index (χ4n) is 3.37. The summed E-state index contributed by atoms with van der Waals surface area (Å²) in [5.74, 6) is 0.726. The average molecular weight is 365 g/mol. The minimum Gasteiger partial charge on any atom is -0.336 e. The molecule has 1 N–H and O–H groups in total. The minimum absolute atomic E-state index is 0.0632. The number of benzene rings is 1. The van der Waals surface area contributed by atoms with Gasteiger partial charge in [0.2, 0.25) is 0 Å². The number of anilines is 1. The highest BCUT2D eigenvalue weighted by Gasteiger charge is 2.29. The Labute approximate surface area is 158 Å². The van der Waals surface area contributed by atoms with E-state index in [0.717, 1.165) is 22.8 Å². The van der Waals surface area contributed by atoms with Crippen LogP contribution in [0.4, 0.5) is 10.5 Å². The number of aromatic nitrogens is 2. The summed E-state index contributed by atoms with van der Waals surface area (Å²) in [6.45, 7) is 8.44. The van der Waals surface area contributed by atoms with Crippen molar-refractivity contribution in [1.82, 2.24) is 20.2 Å². The Kier molecular flexibility index (Phi) is 4.09. The third kappa shape index (κ3) is 3.25. The second kappa shape index (κ2) is 6.33. The lowest BCUT2D eigenvalue weighted by Crippen LogP contribution is -2.29. The molecule has 4 rings (SSSR count). The van der Waals surface area contributed by atoms with Crippen molar-refractivity contribution in [2.24, 2.45) is 0 Å². The highest BCUT2D eigenvalue weighted by Crippen LogP contribution is 2.27. The molecular formula is C20H23N5O2. The van der Waals surface area contributed by atoms with Crippen LogP contribution in [-0.2, 0) is 18.5 Å². The van der Waals surface area contributed by atoms with Crippen LogP contribution in [0.5, 0.6) is 0 Å². The van der Waals surface area contributed by atoms with E-state index in [1.54, 1.807) is 21.9 Å². The van der Waals surface area contributed by atoms with E-state index in [0.29, 0.717) is 31.7 Å². The van der Waals surface area contributed by atoms with Crippen LogP contribution in [0.3, 0.4) is 0 Å². The number of nitrogens with zero attached hydrogens (tertiary/aromatic N) is 4. The number of rotatable bonds is 2. The standard InChI is InChI=1S/C20H23N5O2/c1-20(2,3)18-22-10-14-11-24(12-16(14)23-18)17(26)13-5-4-6-15(9-13)25-8-7-21-19(25)27/h4-6,9-10H,7-8,11-12H2,1-3H3,(H,21,27). The largest absolute Gasteiger partial charge is 0.336 e. The molecule has 7 heteroatoms. The zero-order valence-electron chi connectivity index (χ0n) is 15.8. The lowest BCUT2D eigenvalue weighted by molar-refractivity contribution is 0.0750. The van der Waals surface area contributed by atoms with E-state index in [2.05, 4.69) is 36.1 Å². The van der Waals surface area contributed by atoms with Crippen LogP contribution in [-0.4, -0.2) is 39.9 Å². The lowest BCUT2D eigenvalue weighted by atomic mass is 9.95. The molecule has 0 aliphatic carbocycles. The topological polar surface area (TPSA) is 78.4 Å². The summed E-state index contributed by atoms with van der Waals surface area (Å²) in [7, 11) is 0. The SMILES string of the molecule is CC(C)(C)c1ncc2c(n1)CN(C(=O)c1cccc(N3CCNC3=O)c1)C2. The first-order valence-corrected chi connectivity index (χ1v) is 9.13. The van der Waals surface area contributed by atoms with Gasteiger partial charge in [-0.15, -0.1) is 0 Å². The molecule has 2 aliphatic heterocycles. The lowest BCUT2D eigenvalue weighted by Gasteiger charge is -2.18. The molecule has 2 aromatic rings. The van der Waals surface area contributed by atoms with Crippen molar-refractivity contribution < 1.29 is 9.59 Å². The maximum Gasteiger partial charge on any atom is 0.321 e. The molecule has 2 aliphatic rings. The van der Waals surface area contributed by atoms with E-state index < -0.39 is 0 Å². The molecule has 0 bridgehead atoms. The summed E-state index contributed by atoms with van der Waals surface area (Å²) in [4.78, 5) is 37.4. The number of nitrogens with one attached hydrogen (secondary N) is 1. The molecule has 0 unspecified atom stereocenters. The summed E-state index contributed by atoms with van der Waals surface area (Å²) < 4.78 is 0. The molecule has 0 saturated carbocycles. The predicted molar refractivity (Wildman–Crippen MR) is 101 cm³/mol. The van der Waals surface area contributed by atoms with E-state index in [9.17, 15) is 9.59 Å². The summed E-state index contributed by atoms with van der Waals surface area (Å²) >= 11 is 0. The zero-order valence-corrected chi connectivity index (χ0v) is 15.8. The smallest absolute Gasteiger partial charge is 0.321 e. The van der Waals surface area contributed by atoms with Gasteiger partial charge in [0.05, 0.1) is 12.2 Å². The molecular weight excluding hydrogens is 342 g/mol. The first kappa shape index (κ1) is 17.5. The molecule has 3 amide bonds. The van der Waals surface area contributed by atoms with Crippen LogP contribution in [0.2, 0.25) is 0 Å². The Bertz CT molecular complexity index is 919. The Hall–Kier alpha value is -2.96. The van der Waals surface area contributed by atoms with Crippen LogP contribution in [0.1, 0.15) is 48.2 Å². The number of amides is 3. The number of urea groups is 1. The second-order valence-corrected chi connectivity index (χ2v) is 8.01. The molecule has 1 fully saturated rings. The summed E-state index contributed by atoms with van der Waals surface area (Å²) in [6.07, 6.45) is 1.83. The fourth-order valence-corrected chi connectivity index (χ4v) is 3.37. The monoisotopic (exact) mass is 365 g/mol. The van der Waals surface area contributed by atoms with Gasteiger partial charge in [0, 0.05) is 48.1 Å². The molecule has 1 saturated heterocycles. The van der Waals surface area contributed by atoms with Crippen molar-refractivity contribution in [3.05, 3.63) is 53.1 Å². The Balaban J connectivity index is 1.55. The van der Waals surface area contributed by atoms with Crippen molar-refractivity contribution >= 4 is 17.6 Å². The van der Waals surface area contributed by atoms with E-state index in [-0.39, 0.29) is 17.4 Å². The average Bonchev–Trinajstić information content (AvgIpc) is 3.25. The Morgan fingerprint density at radius 3 is 2.74 bits per heavy atom. The van der Waals surface area contributed by atoms with Crippen molar-refractivity contribution in [3.63, 3.8) is 0 Å². The first-order valence-electron chi connectivity index (χ1n) is 9.13. The van der Waals surface area contributed by atoms with E-state index in [1.807, 2.05) is 18.3 Å². The highest BCUT2D eigenvalue weighted by molar-refractivity contribution is 5.98. The maximum atomic E-state index is 13.0. The molecule has 0 atom stereocenters.